The molecule has 0 bridgehead atoms. The number of hydrogen-bond donors (Lipinski definition) is 0. The second-order valence-corrected chi connectivity index (χ2v) is 14.0. The van der Waals surface area contributed by atoms with E-state index >= 15 is 0 Å². The zero-order valence-corrected chi connectivity index (χ0v) is 27.7. The van der Waals surface area contributed by atoms with Gasteiger partial charge < -0.3 is 13.9 Å². The normalized spacial score (nSPS) is 12.0. The van der Waals surface area contributed by atoms with Gasteiger partial charge in [0.2, 0.25) is 0 Å². The second-order valence-electron chi connectivity index (χ2n) is 12.9. The molecule has 0 radical (unpaired) electrons. The van der Waals surface area contributed by atoms with E-state index in [1.165, 1.54) is 52.8 Å². The fraction of sp³-hybridized carbons (Fsp3) is 0. The lowest BCUT2D eigenvalue weighted by Crippen LogP contribution is -2.10. The van der Waals surface area contributed by atoms with Crippen molar-refractivity contribution in [3.05, 3.63) is 170 Å². The average molecular weight is 657 g/mol. The SMILES string of the molecule is c1ccc(-n2c3ccccc3c3ccc(N(c4ccc5oc6ccccc6c5c4)c4ccc5ccc6sc7ccccc7c6c5c4)cc32)cc1. The van der Waals surface area contributed by atoms with Crippen LogP contribution in [0.3, 0.4) is 0 Å². The molecule has 11 rings (SSSR count). The van der Waals surface area contributed by atoms with Crippen molar-refractivity contribution in [2.75, 3.05) is 4.90 Å². The lowest BCUT2D eigenvalue weighted by molar-refractivity contribution is 0.669. The molecule has 0 spiro atoms. The summed E-state index contributed by atoms with van der Waals surface area (Å²) in [5, 5.41) is 9.83. The Labute approximate surface area is 291 Å². The van der Waals surface area contributed by atoms with Gasteiger partial charge in [-0.25, -0.2) is 0 Å². The zero-order chi connectivity index (χ0) is 32.8. The lowest BCUT2D eigenvalue weighted by atomic mass is 10.0. The molecule has 0 fully saturated rings. The van der Waals surface area contributed by atoms with Gasteiger partial charge in [0.05, 0.1) is 11.0 Å². The Bertz CT molecular complexity index is 3110. The van der Waals surface area contributed by atoms with Crippen molar-refractivity contribution in [3.63, 3.8) is 0 Å². The number of aromatic nitrogens is 1. The van der Waals surface area contributed by atoms with Crippen molar-refractivity contribution in [1.29, 1.82) is 0 Å². The summed E-state index contributed by atoms with van der Waals surface area (Å²) in [7, 11) is 0. The molecule has 0 unspecified atom stereocenters. The summed E-state index contributed by atoms with van der Waals surface area (Å²) in [5.74, 6) is 0. The minimum absolute atomic E-state index is 0.888. The van der Waals surface area contributed by atoms with Crippen molar-refractivity contribution in [1.82, 2.24) is 4.57 Å². The Morgan fingerprint density at radius 2 is 1.06 bits per heavy atom. The quantitative estimate of drug-likeness (QED) is 0.188. The maximum absolute atomic E-state index is 6.27. The highest BCUT2D eigenvalue weighted by Gasteiger charge is 2.20. The largest absolute Gasteiger partial charge is 0.456 e. The van der Waals surface area contributed by atoms with Crippen molar-refractivity contribution in [2.45, 2.75) is 0 Å². The number of hydrogen-bond acceptors (Lipinski definition) is 3. The predicted octanol–water partition coefficient (Wildman–Crippen LogP) is 13.7. The zero-order valence-electron chi connectivity index (χ0n) is 26.9. The number of fused-ring (bicyclic) bond motifs is 11. The first-order valence-electron chi connectivity index (χ1n) is 16.9. The van der Waals surface area contributed by atoms with E-state index in [4.69, 9.17) is 4.42 Å². The van der Waals surface area contributed by atoms with E-state index in [2.05, 4.69) is 167 Å². The number of benzene rings is 8. The van der Waals surface area contributed by atoms with Crippen LogP contribution >= 0.6 is 11.3 Å². The maximum Gasteiger partial charge on any atom is 0.135 e. The van der Waals surface area contributed by atoms with Crippen LogP contribution in [0.1, 0.15) is 0 Å². The van der Waals surface area contributed by atoms with E-state index in [9.17, 15) is 0 Å². The Kier molecular flexibility index (Phi) is 5.83. The summed E-state index contributed by atoms with van der Waals surface area (Å²) in [6.45, 7) is 0. The highest BCUT2D eigenvalue weighted by molar-refractivity contribution is 7.26. The topological polar surface area (TPSA) is 21.3 Å². The summed E-state index contributed by atoms with van der Waals surface area (Å²) in [6.07, 6.45) is 0. The first kappa shape index (κ1) is 27.6. The van der Waals surface area contributed by atoms with Gasteiger partial charge in [0.25, 0.3) is 0 Å². The van der Waals surface area contributed by atoms with Gasteiger partial charge in [-0.05, 0) is 89.6 Å². The molecule has 0 amide bonds. The average Bonchev–Trinajstić information content (AvgIpc) is 3.84. The molecule has 3 nitrogen and oxygen atoms in total. The summed E-state index contributed by atoms with van der Waals surface area (Å²) < 4.78 is 11.3. The van der Waals surface area contributed by atoms with Gasteiger partial charge in [0.15, 0.2) is 0 Å². The third-order valence-corrected chi connectivity index (χ3v) is 11.3. The molecular formula is C46H28N2OS. The standard InChI is InChI=1S/C46H28N2OS/c1-2-10-30(11-3-1)48-40-15-7-4-12-34(40)35-23-21-33(28-41(35)48)47(32-22-24-43-39(27-32)36-13-5-8-16-42(36)49-43)31-20-18-29-19-25-45-46(38(29)26-31)37-14-6-9-17-44(37)50-45/h1-28H. The molecule has 234 valence electrons. The van der Waals surface area contributed by atoms with Crippen LogP contribution in [0.2, 0.25) is 0 Å². The fourth-order valence-electron chi connectivity index (χ4n) is 7.92. The summed E-state index contributed by atoms with van der Waals surface area (Å²) >= 11 is 1.86. The van der Waals surface area contributed by atoms with Crippen LogP contribution in [0.5, 0.6) is 0 Å². The van der Waals surface area contributed by atoms with Crippen LogP contribution in [-0.4, -0.2) is 4.57 Å². The fourth-order valence-corrected chi connectivity index (χ4v) is 9.05. The van der Waals surface area contributed by atoms with Gasteiger partial charge in [0.1, 0.15) is 11.2 Å². The third kappa shape index (κ3) is 4.03. The molecule has 3 heterocycles. The molecule has 4 heteroatoms. The highest BCUT2D eigenvalue weighted by atomic mass is 32.1. The Morgan fingerprint density at radius 3 is 1.96 bits per heavy atom. The second kappa shape index (κ2) is 10.6. The number of para-hydroxylation sites is 3. The lowest BCUT2D eigenvalue weighted by Gasteiger charge is -2.26. The molecule has 50 heavy (non-hydrogen) atoms. The molecule has 11 aromatic rings. The third-order valence-electron chi connectivity index (χ3n) is 10.1. The monoisotopic (exact) mass is 656 g/mol. The van der Waals surface area contributed by atoms with Gasteiger partial charge in [-0.1, -0.05) is 91.0 Å². The maximum atomic E-state index is 6.27. The summed E-state index contributed by atoms with van der Waals surface area (Å²) in [5.41, 5.74) is 8.57. The predicted molar refractivity (Wildman–Crippen MR) is 213 cm³/mol. The highest BCUT2D eigenvalue weighted by Crippen LogP contribution is 2.44. The minimum Gasteiger partial charge on any atom is -0.456 e. The van der Waals surface area contributed by atoms with Crippen molar-refractivity contribution in [3.8, 4) is 5.69 Å². The van der Waals surface area contributed by atoms with Gasteiger partial charge in [-0.15, -0.1) is 11.3 Å². The van der Waals surface area contributed by atoms with E-state index in [1.54, 1.807) is 0 Å². The summed E-state index contributed by atoms with van der Waals surface area (Å²) in [4.78, 5) is 2.40. The van der Waals surface area contributed by atoms with E-state index in [-0.39, 0.29) is 0 Å². The van der Waals surface area contributed by atoms with Gasteiger partial charge in [-0.2, -0.15) is 0 Å². The molecule has 0 aliphatic rings. The molecule has 0 aliphatic heterocycles. The van der Waals surface area contributed by atoms with Crippen LogP contribution in [0, 0.1) is 0 Å². The van der Waals surface area contributed by atoms with Crippen LogP contribution in [-0.2, 0) is 0 Å². The van der Waals surface area contributed by atoms with Crippen molar-refractivity contribution < 1.29 is 4.42 Å². The number of nitrogens with zero attached hydrogens (tertiary/aromatic N) is 2. The molecule has 0 saturated heterocycles. The Balaban J connectivity index is 1.21. The van der Waals surface area contributed by atoms with Crippen LogP contribution < -0.4 is 4.90 Å². The van der Waals surface area contributed by atoms with Crippen molar-refractivity contribution in [2.24, 2.45) is 0 Å². The minimum atomic E-state index is 0.888. The van der Waals surface area contributed by atoms with Gasteiger partial charge >= 0.3 is 0 Å². The molecule has 0 N–H and O–H groups in total. The van der Waals surface area contributed by atoms with Crippen LogP contribution in [0.4, 0.5) is 17.1 Å². The first-order valence-corrected chi connectivity index (χ1v) is 17.7. The van der Waals surface area contributed by atoms with Crippen LogP contribution in [0.25, 0.3) is 80.4 Å². The number of thiophene rings is 1. The number of rotatable bonds is 4. The smallest absolute Gasteiger partial charge is 0.135 e. The van der Waals surface area contributed by atoms with E-state index in [0.717, 1.165) is 44.7 Å². The van der Waals surface area contributed by atoms with E-state index < -0.39 is 0 Å². The molecule has 0 aliphatic carbocycles. The Hall–Kier alpha value is -6.36. The number of furan rings is 1. The van der Waals surface area contributed by atoms with E-state index in [1.807, 2.05) is 23.5 Å². The van der Waals surface area contributed by atoms with Gasteiger partial charge in [-0.3, -0.25) is 0 Å². The summed E-state index contributed by atoms with van der Waals surface area (Å²) in [6, 6.07) is 61.4. The molecule has 3 aromatic heterocycles. The number of anilines is 3. The Morgan fingerprint density at radius 1 is 0.420 bits per heavy atom. The van der Waals surface area contributed by atoms with Crippen molar-refractivity contribution >= 4 is 103 Å². The molecular weight excluding hydrogens is 629 g/mol. The van der Waals surface area contributed by atoms with E-state index in [0.29, 0.717) is 0 Å². The molecule has 0 atom stereocenters. The molecule has 0 saturated carbocycles. The first-order chi connectivity index (χ1) is 24.8. The van der Waals surface area contributed by atoms with Gasteiger partial charge in [0, 0.05) is 64.5 Å². The molecule has 8 aromatic carbocycles. The van der Waals surface area contributed by atoms with Crippen LogP contribution in [0.15, 0.2) is 174 Å².